The number of halogens is 2. The van der Waals surface area contributed by atoms with E-state index in [1.54, 1.807) is 18.3 Å². The lowest BCUT2D eigenvalue weighted by Crippen LogP contribution is -2.39. The van der Waals surface area contributed by atoms with Gasteiger partial charge < -0.3 is 4.57 Å². The summed E-state index contributed by atoms with van der Waals surface area (Å²) in [6.45, 7) is 3.02. The van der Waals surface area contributed by atoms with E-state index in [-0.39, 0.29) is 11.9 Å². The van der Waals surface area contributed by atoms with Gasteiger partial charge in [0.15, 0.2) is 0 Å². The smallest absolute Gasteiger partial charge is 0.127 e. The number of imidazole rings is 1. The van der Waals surface area contributed by atoms with Crippen molar-refractivity contribution < 1.29 is 4.39 Å². The highest BCUT2D eigenvalue weighted by Gasteiger charge is 2.16. The molecular weight excluding hydrogens is 291 g/mol. The highest BCUT2D eigenvalue weighted by molar-refractivity contribution is 6.31. The topological polar surface area (TPSA) is 55.9 Å². The molecule has 2 rings (SSSR count). The molecule has 4 nitrogen and oxygen atoms in total. The Kier molecular flexibility index (Phi) is 5.73. The largest absolute Gasteiger partial charge is 0.335 e. The van der Waals surface area contributed by atoms with Gasteiger partial charge in [0.1, 0.15) is 11.6 Å². The molecular formula is C15H20ClFN4. The lowest BCUT2D eigenvalue weighted by atomic mass is 10.0. The number of nitrogens with zero attached hydrogens (tertiary/aromatic N) is 2. The van der Waals surface area contributed by atoms with Crippen molar-refractivity contribution in [3.63, 3.8) is 0 Å². The molecule has 0 spiro atoms. The van der Waals surface area contributed by atoms with E-state index in [2.05, 4.69) is 21.9 Å². The highest BCUT2D eigenvalue weighted by Crippen LogP contribution is 2.21. The molecule has 1 aromatic heterocycles. The van der Waals surface area contributed by atoms with Crippen molar-refractivity contribution >= 4 is 11.6 Å². The predicted molar refractivity (Wildman–Crippen MR) is 82.4 cm³/mol. The number of nitrogens with two attached hydrogens (primary N) is 1. The van der Waals surface area contributed by atoms with E-state index in [1.807, 2.05) is 6.20 Å². The minimum atomic E-state index is -0.306. The lowest BCUT2D eigenvalue weighted by Gasteiger charge is -2.17. The number of aromatic nitrogens is 2. The Hall–Kier alpha value is -1.43. The van der Waals surface area contributed by atoms with Crippen LogP contribution in [-0.4, -0.2) is 15.6 Å². The molecule has 0 aliphatic rings. The molecule has 6 heteroatoms. The van der Waals surface area contributed by atoms with Crippen molar-refractivity contribution in [3.8, 4) is 0 Å². The maximum Gasteiger partial charge on any atom is 0.127 e. The van der Waals surface area contributed by atoms with Crippen LogP contribution in [0.15, 0.2) is 30.6 Å². The number of nitrogens with one attached hydrogen (secondary N) is 1. The number of hydrogen-bond donors (Lipinski definition) is 2. The first-order valence-electron chi connectivity index (χ1n) is 7.04. The summed E-state index contributed by atoms with van der Waals surface area (Å²) in [7, 11) is 0. The number of hydrazine groups is 1. The van der Waals surface area contributed by atoms with Gasteiger partial charge in [-0.2, -0.15) is 0 Å². The Labute approximate surface area is 129 Å². The average molecular weight is 311 g/mol. The zero-order chi connectivity index (χ0) is 15.2. The number of rotatable bonds is 7. The molecule has 2 aromatic rings. The summed E-state index contributed by atoms with van der Waals surface area (Å²) < 4.78 is 15.9. The third-order valence-electron chi connectivity index (χ3n) is 3.44. The fourth-order valence-corrected chi connectivity index (χ4v) is 2.60. The summed E-state index contributed by atoms with van der Waals surface area (Å²) in [6, 6.07) is 4.57. The van der Waals surface area contributed by atoms with Crippen LogP contribution >= 0.6 is 11.6 Å². The predicted octanol–water partition coefficient (Wildman–Crippen LogP) is 2.70. The quantitative estimate of drug-likeness (QED) is 0.611. The van der Waals surface area contributed by atoms with Crippen molar-refractivity contribution in [3.05, 3.63) is 52.8 Å². The maximum atomic E-state index is 13.9. The highest BCUT2D eigenvalue weighted by atomic mass is 35.5. The number of hydrogen-bond acceptors (Lipinski definition) is 3. The van der Waals surface area contributed by atoms with Crippen LogP contribution in [0.3, 0.4) is 0 Å². The lowest BCUT2D eigenvalue weighted by molar-refractivity contribution is 0.484. The molecule has 21 heavy (non-hydrogen) atoms. The summed E-state index contributed by atoms with van der Waals surface area (Å²) in [6.07, 6.45) is 5.79. The molecule has 1 aromatic carbocycles. The fourth-order valence-electron chi connectivity index (χ4n) is 2.36. The van der Waals surface area contributed by atoms with Crippen LogP contribution in [0.1, 0.15) is 24.7 Å². The summed E-state index contributed by atoms with van der Waals surface area (Å²) in [5.41, 5.74) is 3.22. The van der Waals surface area contributed by atoms with Gasteiger partial charge in [0.25, 0.3) is 0 Å². The minimum absolute atomic E-state index is 0.127. The third kappa shape index (κ3) is 4.03. The molecule has 0 aliphatic carbocycles. The molecule has 0 bridgehead atoms. The molecule has 0 radical (unpaired) electrons. The molecule has 0 fully saturated rings. The SMILES string of the molecule is CCCn1ccnc1CC(Cc1c(F)cccc1Cl)NN. The van der Waals surface area contributed by atoms with E-state index >= 15 is 0 Å². The van der Waals surface area contributed by atoms with Gasteiger partial charge in [-0.25, -0.2) is 9.37 Å². The maximum absolute atomic E-state index is 13.9. The van der Waals surface area contributed by atoms with Gasteiger partial charge in [-0.1, -0.05) is 24.6 Å². The first-order chi connectivity index (χ1) is 10.2. The zero-order valence-corrected chi connectivity index (χ0v) is 12.8. The van der Waals surface area contributed by atoms with E-state index in [0.717, 1.165) is 18.8 Å². The van der Waals surface area contributed by atoms with Crippen LogP contribution in [0.5, 0.6) is 0 Å². The summed E-state index contributed by atoms with van der Waals surface area (Å²) in [5.74, 6) is 6.24. The normalized spacial score (nSPS) is 12.6. The Morgan fingerprint density at radius 2 is 2.24 bits per heavy atom. The molecule has 114 valence electrons. The van der Waals surface area contributed by atoms with Crippen LogP contribution in [0, 0.1) is 5.82 Å². The van der Waals surface area contributed by atoms with E-state index in [0.29, 0.717) is 23.4 Å². The van der Waals surface area contributed by atoms with Crippen molar-refractivity contribution in [2.45, 2.75) is 38.8 Å². The van der Waals surface area contributed by atoms with Gasteiger partial charge >= 0.3 is 0 Å². The molecule has 3 N–H and O–H groups in total. The van der Waals surface area contributed by atoms with Gasteiger partial charge in [-0.15, -0.1) is 0 Å². The number of aryl methyl sites for hydroxylation is 1. The Morgan fingerprint density at radius 3 is 2.90 bits per heavy atom. The first-order valence-corrected chi connectivity index (χ1v) is 7.42. The Bertz CT molecular complexity index is 565. The second-order valence-electron chi connectivity index (χ2n) is 5.01. The summed E-state index contributed by atoms with van der Waals surface area (Å²) in [4.78, 5) is 4.35. The van der Waals surface area contributed by atoms with E-state index < -0.39 is 0 Å². The van der Waals surface area contributed by atoms with E-state index in [4.69, 9.17) is 17.4 Å². The first kappa shape index (κ1) is 15.9. The van der Waals surface area contributed by atoms with E-state index in [1.165, 1.54) is 6.07 Å². The van der Waals surface area contributed by atoms with Crippen molar-refractivity contribution in [1.82, 2.24) is 15.0 Å². The van der Waals surface area contributed by atoms with Gasteiger partial charge in [-0.05, 0) is 25.0 Å². The third-order valence-corrected chi connectivity index (χ3v) is 3.80. The fraction of sp³-hybridized carbons (Fsp3) is 0.400. The van der Waals surface area contributed by atoms with Crippen molar-refractivity contribution in [2.75, 3.05) is 0 Å². The Morgan fingerprint density at radius 1 is 1.43 bits per heavy atom. The van der Waals surface area contributed by atoms with Crippen LogP contribution < -0.4 is 11.3 Å². The molecule has 0 saturated carbocycles. The van der Waals surface area contributed by atoms with E-state index in [9.17, 15) is 4.39 Å². The molecule has 1 unspecified atom stereocenters. The van der Waals surface area contributed by atoms with Gasteiger partial charge in [0.2, 0.25) is 0 Å². The summed E-state index contributed by atoms with van der Waals surface area (Å²) >= 11 is 6.06. The minimum Gasteiger partial charge on any atom is -0.335 e. The van der Waals surface area contributed by atoms with Gasteiger partial charge in [0.05, 0.1) is 0 Å². The van der Waals surface area contributed by atoms with Crippen LogP contribution in [0.2, 0.25) is 5.02 Å². The molecule has 0 saturated heterocycles. The molecule has 1 heterocycles. The summed E-state index contributed by atoms with van der Waals surface area (Å²) in [5, 5.41) is 0.423. The molecule has 1 atom stereocenters. The van der Waals surface area contributed by atoms with Crippen LogP contribution in [-0.2, 0) is 19.4 Å². The molecule has 0 aliphatic heterocycles. The molecule has 0 amide bonds. The van der Waals surface area contributed by atoms with Crippen molar-refractivity contribution in [1.29, 1.82) is 0 Å². The second kappa shape index (κ2) is 7.54. The second-order valence-corrected chi connectivity index (χ2v) is 5.42. The Balaban J connectivity index is 2.11. The standard InChI is InChI=1S/C15H20ClFN4/c1-2-7-21-8-6-19-15(21)10-11(20-18)9-12-13(16)4-3-5-14(12)17/h3-6,8,11,20H,2,7,9-10,18H2,1H3. The van der Waals surface area contributed by atoms with Crippen molar-refractivity contribution in [2.24, 2.45) is 5.84 Å². The van der Waals surface area contributed by atoms with Crippen LogP contribution in [0.4, 0.5) is 4.39 Å². The van der Waals surface area contributed by atoms with Gasteiger partial charge in [-0.3, -0.25) is 11.3 Å². The number of benzene rings is 1. The monoisotopic (exact) mass is 310 g/mol. The van der Waals surface area contributed by atoms with Gasteiger partial charge in [0, 0.05) is 42.0 Å². The van der Waals surface area contributed by atoms with Crippen LogP contribution in [0.25, 0.3) is 0 Å². The average Bonchev–Trinajstić information content (AvgIpc) is 2.89. The zero-order valence-electron chi connectivity index (χ0n) is 12.0.